The van der Waals surface area contributed by atoms with E-state index in [4.69, 9.17) is 4.42 Å². The summed E-state index contributed by atoms with van der Waals surface area (Å²) in [7, 11) is 0. The minimum absolute atomic E-state index is 0.0486. The summed E-state index contributed by atoms with van der Waals surface area (Å²) >= 11 is 0. The minimum atomic E-state index is -0.0486. The maximum Gasteiger partial charge on any atom is 0.318 e. The molecule has 1 heterocycles. The molecular weight excluding hydrogens is 104 g/mol. The van der Waals surface area contributed by atoms with Crippen LogP contribution >= 0.6 is 0 Å². The van der Waals surface area contributed by atoms with Gasteiger partial charge in [-0.15, -0.1) is 0 Å². The highest BCUT2D eigenvalue weighted by atomic mass is 16.3. The van der Waals surface area contributed by atoms with Crippen molar-refractivity contribution < 1.29 is 9.52 Å². The van der Waals surface area contributed by atoms with Gasteiger partial charge in [0, 0.05) is 6.07 Å². The second-order valence-corrected chi connectivity index (χ2v) is 1.53. The second kappa shape index (κ2) is 1.82. The first-order valence-electron chi connectivity index (χ1n) is 2.35. The van der Waals surface area contributed by atoms with Crippen molar-refractivity contribution in [2.24, 2.45) is 0 Å². The zero-order chi connectivity index (χ0) is 5.98. The Morgan fingerprint density at radius 2 is 2.38 bits per heavy atom. The Hall–Kier alpha value is -1.05. The monoisotopic (exact) mass is 110 g/mol. The van der Waals surface area contributed by atoms with Gasteiger partial charge in [0.2, 0.25) is 0 Å². The number of rotatable bonds is 0. The molecule has 8 heavy (non-hydrogen) atoms. The lowest BCUT2D eigenvalue weighted by molar-refractivity contribution is -0.271. The van der Waals surface area contributed by atoms with Gasteiger partial charge in [-0.3, -0.25) is 0 Å². The first-order chi connectivity index (χ1) is 3.80. The van der Waals surface area contributed by atoms with Crippen LogP contribution in [0.3, 0.4) is 0 Å². The van der Waals surface area contributed by atoms with Crippen molar-refractivity contribution in [1.29, 1.82) is 0 Å². The minimum Gasteiger partial charge on any atom is -0.866 e. The van der Waals surface area contributed by atoms with Gasteiger partial charge in [-0.05, 0) is 5.75 Å². The Balaban J connectivity index is 3.13. The highest BCUT2D eigenvalue weighted by molar-refractivity contribution is 5.18. The molecule has 0 fully saturated rings. The molecule has 0 amide bonds. The molecule has 0 radical (unpaired) electrons. The molecule has 0 aliphatic rings. The summed E-state index contributed by atoms with van der Waals surface area (Å²) in [6.45, 7) is 1.64. The molecule has 0 N–H and O–H groups in total. The summed E-state index contributed by atoms with van der Waals surface area (Å²) in [5.41, 5.74) is 0. The highest BCUT2D eigenvalue weighted by Gasteiger charge is 1.94. The Morgan fingerprint density at radius 1 is 1.62 bits per heavy atom. The zero-order valence-electron chi connectivity index (χ0n) is 4.55. The number of hydrogen-bond acceptors (Lipinski definition) is 1. The lowest BCUT2D eigenvalue weighted by Gasteiger charge is -1.95. The second-order valence-electron chi connectivity index (χ2n) is 1.53. The van der Waals surface area contributed by atoms with Crippen LogP contribution in [0.25, 0.3) is 0 Å². The summed E-state index contributed by atoms with van der Waals surface area (Å²) < 4.78 is 4.75. The Kier molecular flexibility index (Phi) is 1.16. The van der Waals surface area contributed by atoms with Crippen molar-refractivity contribution in [1.82, 2.24) is 0 Å². The average Bonchev–Trinajstić information content (AvgIpc) is 1.77. The van der Waals surface area contributed by atoms with Gasteiger partial charge in [-0.25, -0.2) is 4.42 Å². The van der Waals surface area contributed by atoms with Gasteiger partial charge in [-0.1, -0.05) is 6.07 Å². The zero-order valence-corrected chi connectivity index (χ0v) is 4.55. The van der Waals surface area contributed by atoms with Crippen LogP contribution in [0.15, 0.2) is 22.8 Å². The third kappa shape index (κ3) is 0.780. The lowest BCUT2D eigenvalue weighted by Crippen LogP contribution is -1.90. The molecule has 1 aromatic rings. The van der Waals surface area contributed by atoms with Crippen LogP contribution in [0.1, 0.15) is 5.76 Å². The molecule has 0 saturated carbocycles. The molecular formula is C6H6O2. The van der Waals surface area contributed by atoms with E-state index < -0.39 is 0 Å². The first-order valence-corrected chi connectivity index (χ1v) is 2.35. The normalized spacial score (nSPS) is 9.12. The molecule has 2 heteroatoms. The van der Waals surface area contributed by atoms with Crippen LogP contribution in [0, 0.1) is 6.92 Å². The maximum absolute atomic E-state index is 10.5. The number of hydrogen-bond donors (Lipinski definition) is 0. The van der Waals surface area contributed by atoms with Gasteiger partial charge in [0.1, 0.15) is 0 Å². The van der Waals surface area contributed by atoms with Gasteiger partial charge in [-0.2, -0.15) is 0 Å². The standard InChI is InChI=1S/C6H6O2/c1-5-6(7)3-2-4-8-5/h2-4H,1H3. The SMILES string of the molecule is Cc1[o+]cccc1[O-]. The number of aryl methyl sites for hydroxylation is 1. The van der Waals surface area contributed by atoms with Gasteiger partial charge >= 0.3 is 12.0 Å². The average molecular weight is 110 g/mol. The lowest BCUT2D eigenvalue weighted by atomic mass is 10.4. The molecule has 0 bridgehead atoms. The van der Waals surface area contributed by atoms with E-state index in [-0.39, 0.29) is 5.75 Å². The summed E-state index contributed by atoms with van der Waals surface area (Å²) in [4.78, 5) is 0. The fourth-order valence-corrected chi connectivity index (χ4v) is 0.443. The van der Waals surface area contributed by atoms with Crippen molar-refractivity contribution in [2.45, 2.75) is 6.92 Å². The molecule has 0 spiro atoms. The van der Waals surface area contributed by atoms with Crippen molar-refractivity contribution >= 4 is 0 Å². The summed E-state index contributed by atoms with van der Waals surface area (Å²) in [5, 5.41) is 10.5. The fraction of sp³-hybridized carbons (Fsp3) is 0.167. The molecule has 0 saturated heterocycles. The van der Waals surface area contributed by atoms with Crippen LogP contribution in [-0.4, -0.2) is 0 Å². The van der Waals surface area contributed by atoms with E-state index in [9.17, 15) is 5.11 Å². The molecule has 2 nitrogen and oxygen atoms in total. The summed E-state index contributed by atoms with van der Waals surface area (Å²) in [6, 6.07) is 3.05. The van der Waals surface area contributed by atoms with Crippen LogP contribution in [0.4, 0.5) is 0 Å². The van der Waals surface area contributed by atoms with Crippen LogP contribution in [0.5, 0.6) is 5.75 Å². The molecule has 0 aliphatic heterocycles. The van der Waals surface area contributed by atoms with Gasteiger partial charge in [0.25, 0.3) is 0 Å². The quantitative estimate of drug-likeness (QED) is 0.466. The van der Waals surface area contributed by atoms with E-state index in [0.717, 1.165) is 0 Å². The van der Waals surface area contributed by atoms with E-state index in [0.29, 0.717) is 5.76 Å². The third-order valence-corrected chi connectivity index (χ3v) is 0.918. The Bertz CT molecular complexity index is 163. The molecule has 0 unspecified atom stereocenters. The van der Waals surface area contributed by atoms with E-state index in [1.165, 1.54) is 12.3 Å². The Labute approximate surface area is 47.4 Å². The first kappa shape index (κ1) is 5.09. The molecule has 1 rings (SSSR count). The smallest absolute Gasteiger partial charge is 0.318 e. The van der Waals surface area contributed by atoms with Gasteiger partial charge in [0.05, 0.1) is 6.92 Å². The van der Waals surface area contributed by atoms with E-state index in [2.05, 4.69) is 0 Å². The molecule has 0 atom stereocenters. The Morgan fingerprint density at radius 3 is 2.75 bits per heavy atom. The van der Waals surface area contributed by atoms with E-state index in [1.807, 2.05) is 0 Å². The molecule has 0 aliphatic carbocycles. The van der Waals surface area contributed by atoms with Crippen molar-refractivity contribution in [3.8, 4) is 5.75 Å². The predicted octanol–water partition coefficient (Wildman–Crippen LogP) is 0.943. The fourth-order valence-electron chi connectivity index (χ4n) is 0.443. The molecule has 0 aromatic carbocycles. The van der Waals surface area contributed by atoms with Crippen LogP contribution in [-0.2, 0) is 0 Å². The molecule has 1 aromatic heterocycles. The van der Waals surface area contributed by atoms with Crippen molar-refractivity contribution in [2.75, 3.05) is 0 Å². The summed E-state index contributed by atoms with van der Waals surface area (Å²) in [6.07, 6.45) is 1.48. The van der Waals surface area contributed by atoms with Crippen molar-refractivity contribution in [3.05, 3.63) is 24.2 Å². The highest BCUT2D eigenvalue weighted by Crippen LogP contribution is 2.08. The predicted molar refractivity (Wildman–Crippen MR) is 27.3 cm³/mol. The van der Waals surface area contributed by atoms with E-state index in [1.54, 1.807) is 13.0 Å². The molecule has 42 valence electrons. The van der Waals surface area contributed by atoms with Crippen molar-refractivity contribution in [3.63, 3.8) is 0 Å². The summed E-state index contributed by atoms with van der Waals surface area (Å²) in [5.74, 6) is 0.389. The van der Waals surface area contributed by atoms with E-state index >= 15 is 0 Å². The van der Waals surface area contributed by atoms with Crippen LogP contribution < -0.4 is 5.11 Å². The third-order valence-electron chi connectivity index (χ3n) is 0.918. The largest absolute Gasteiger partial charge is 0.866 e. The maximum atomic E-state index is 10.5. The van der Waals surface area contributed by atoms with Crippen LogP contribution in [0.2, 0.25) is 0 Å². The topological polar surface area (TPSA) is 34.4 Å². The van der Waals surface area contributed by atoms with Gasteiger partial charge in [0.15, 0.2) is 0 Å². The van der Waals surface area contributed by atoms with Gasteiger partial charge < -0.3 is 5.11 Å².